The molecule has 0 saturated heterocycles. The number of rotatable bonds is 6. The van der Waals surface area contributed by atoms with Gasteiger partial charge in [0.15, 0.2) is 13.8 Å². The molecule has 0 bridgehead atoms. The molecule has 4 heterocycles. The van der Waals surface area contributed by atoms with Crippen molar-refractivity contribution in [2.75, 3.05) is 0 Å². The van der Waals surface area contributed by atoms with Crippen molar-refractivity contribution < 1.29 is 9.47 Å². The van der Waals surface area contributed by atoms with Crippen LogP contribution in [0, 0.1) is 0 Å². The Hall–Kier alpha value is -7.22. The van der Waals surface area contributed by atoms with Crippen LogP contribution in [-0.4, -0.2) is 27.2 Å². The zero-order valence-electron chi connectivity index (χ0n) is 30.5. The minimum absolute atomic E-state index is 0.712. The summed E-state index contributed by atoms with van der Waals surface area (Å²) in [6.45, 7) is 0. The lowest BCUT2D eigenvalue weighted by Crippen LogP contribution is -2.76. The van der Waals surface area contributed by atoms with Gasteiger partial charge in [-0.15, -0.1) is 0 Å². The summed E-state index contributed by atoms with van der Waals surface area (Å²) >= 11 is 0. The van der Waals surface area contributed by atoms with E-state index in [4.69, 9.17) is 19.4 Å². The van der Waals surface area contributed by atoms with E-state index in [0.717, 1.165) is 67.3 Å². The second-order valence-electron chi connectivity index (χ2n) is 14.2. The Balaban J connectivity index is 1.11. The van der Waals surface area contributed by atoms with Gasteiger partial charge < -0.3 is 14.0 Å². The highest BCUT2D eigenvalue weighted by atomic mass is 28.3. The van der Waals surface area contributed by atoms with Crippen LogP contribution in [0.1, 0.15) is 0 Å². The molecule has 6 nitrogen and oxygen atoms in total. The van der Waals surface area contributed by atoms with E-state index in [2.05, 4.69) is 150 Å². The Bertz CT molecular complexity index is 3080. The summed E-state index contributed by atoms with van der Waals surface area (Å²) in [6, 6.07) is 63.9. The molecular weight excluding hydrogens is 705 g/mol. The molecule has 3 aromatic heterocycles. The molecule has 10 aromatic rings. The third-order valence-corrected chi connectivity index (χ3v) is 16.0. The van der Waals surface area contributed by atoms with E-state index in [0.29, 0.717) is 5.75 Å². The molecule has 56 heavy (non-hydrogen) atoms. The number of aromatic nitrogens is 4. The molecule has 266 valence electrons. The topological polar surface area (TPSA) is 54.1 Å². The highest BCUT2D eigenvalue weighted by Gasteiger charge is 2.48. The van der Waals surface area contributed by atoms with E-state index in [1.165, 1.54) is 20.7 Å². The molecule has 0 radical (unpaired) electrons. The predicted molar refractivity (Wildman–Crippen MR) is 228 cm³/mol. The number of hydrogen-bond donors (Lipinski definition) is 0. The Labute approximate surface area is 324 Å². The molecule has 0 N–H and O–H groups in total. The Morgan fingerprint density at radius 3 is 2.11 bits per heavy atom. The zero-order valence-corrected chi connectivity index (χ0v) is 31.5. The first-order valence-corrected chi connectivity index (χ1v) is 20.8. The maximum atomic E-state index is 7.14. The first kappa shape index (κ1) is 32.2. The van der Waals surface area contributed by atoms with Crippen molar-refractivity contribution in [3.63, 3.8) is 0 Å². The van der Waals surface area contributed by atoms with Crippen molar-refractivity contribution in [2.24, 2.45) is 7.05 Å². The van der Waals surface area contributed by atoms with Crippen LogP contribution in [0.15, 0.2) is 188 Å². The fraction of sp³-hybridized carbons (Fsp3) is 0.0204. The van der Waals surface area contributed by atoms with E-state index in [-0.39, 0.29) is 0 Å². The standard InChI is InChI=1S/C49H34N4O2Si/c1-52-42-25-9-8-24-41(42)51-48(52)33-15-12-17-35(31-33)54-36-18-13-16-34(32-36)53-46-39(40-23-14-30-50-49(40)53)28-29-45-47(46)55-43-26-10-11-27-44(43)56(45,37-19-4-2-5-20-37)38-21-6-3-7-22-38/h2-32H,1H3. The second-order valence-corrected chi connectivity index (χ2v) is 18.0. The molecule has 0 atom stereocenters. The smallest absolute Gasteiger partial charge is 0.188 e. The maximum Gasteiger partial charge on any atom is 0.188 e. The number of fused-ring (bicyclic) bond motifs is 7. The van der Waals surface area contributed by atoms with Gasteiger partial charge in [0.2, 0.25) is 0 Å². The normalized spacial score (nSPS) is 13.0. The number of aryl methyl sites for hydroxylation is 1. The molecule has 7 heteroatoms. The molecule has 0 spiro atoms. The molecule has 0 aliphatic carbocycles. The lowest BCUT2D eigenvalue weighted by atomic mass is 10.2. The number of imidazole rings is 1. The monoisotopic (exact) mass is 738 g/mol. The summed E-state index contributed by atoms with van der Waals surface area (Å²) < 4.78 is 18.1. The number of nitrogens with zero attached hydrogens (tertiary/aromatic N) is 4. The molecule has 0 unspecified atom stereocenters. The van der Waals surface area contributed by atoms with Gasteiger partial charge >= 0.3 is 0 Å². The Morgan fingerprint density at radius 2 is 1.30 bits per heavy atom. The van der Waals surface area contributed by atoms with Crippen LogP contribution >= 0.6 is 0 Å². The average molecular weight is 739 g/mol. The van der Waals surface area contributed by atoms with E-state index in [1.54, 1.807) is 0 Å². The van der Waals surface area contributed by atoms with Crippen LogP contribution in [0.2, 0.25) is 0 Å². The summed E-state index contributed by atoms with van der Waals surface area (Å²) in [5.74, 6) is 4.07. The van der Waals surface area contributed by atoms with Crippen LogP contribution in [0.25, 0.3) is 50.0 Å². The van der Waals surface area contributed by atoms with Gasteiger partial charge in [-0.25, -0.2) is 9.97 Å². The van der Waals surface area contributed by atoms with Gasteiger partial charge in [-0.05, 0) is 75.3 Å². The molecule has 11 rings (SSSR count). The predicted octanol–water partition coefficient (Wildman–Crippen LogP) is 9.01. The van der Waals surface area contributed by atoms with Crippen LogP contribution in [0.3, 0.4) is 0 Å². The first-order valence-electron chi connectivity index (χ1n) is 18.8. The van der Waals surface area contributed by atoms with Crippen LogP contribution in [0.4, 0.5) is 0 Å². The van der Waals surface area contributed by atoms with Crippen molar-refractivity contribution in [2.45, 2.75) is 0 Å². The number of para-hydroxylation sites is 3. The van der Waals surface area contributed by atoms with Gasteiger partial charge in [-0.1, -0.05) is 121 Å². The lowest BCUT2D eigenvalue weighted by Gasteiger charge is -2.39. The fourth-order valence-corrected chi connectivity index (χ4v) is 13.7. The maximum absolute atomic E-state index is 7.14. The summed E-state index contributed by atoms with van der Waals surface area (Å²) in [6.07, 6.45) is 1.86. The number of pyridine rings is 1. The third kappa shape index (κ3) is 4.81. The number of hydrogen-bond acceptors (Lipinski definition) is 4. The van der Waals surface area contributed by atoms with Crippen LogP contribution in [-0.2, 0) is 7.05 Å². The summed E-state index contributed by atoms with van der Waals surface area (Å²) in [5, 5.41) is 7.19. The van der Waals surface area contributed by atoms with Crippen molar-refractivity contribution in [3.8, 4) is 40.1 Å². The number of ether oxygens (including phenoxy) is 2. The van der Waals surface area contributed by atoms with Gasteiger partial charge in [0, 0.05) is 35.6 Å². The molecule has 7 aromatic carbocycles. The van der Waals surface area contributed by atoms with Crippen molar-refractivity contribution >= 4 is 61.8 Å². The summed E-state index contributed by atoms with van der Waals surface area (Å²) in [7, 11) is -0.817. The second kappa shape index (κ2) is 12.7. The highest BCUT2D eigenvalue weighted by Crippen LogP contribution is 2.41. The molecular formula is C49H34N4O2Si. The van der Waals surface area contributed by atoms with E-state index in [1.807, 2.05) is 54.7 Å². The Kier molecular flexibility index (Phi) is 7.30. The van der Waals surface area contributed by atoms with Gasteiger partial charge in [-0.2, -0.15) is 0 Å². The number of benzene rings is 7. The molecule has 0 saturated carbocycles. The Morgan fingerprint density at radius 1 is 0.589 bits per heavy atom. The van der Waals surface area contributed by atoms with Crippen LogP contribution in [0.5, 0.6) is 23.0 Å². The van der Waals surface area contributed by atoms with E-state index >= 15 is 0 Å². The van der Waals surface area contributed by atoms with Crippen molar-refractivity contribution in [3.05, 3.63) is 188 Å². The van der Waals surface area contributed by atoms with E-state index in [9.17, 15) is 0 Å². The van der Waals surface area contributed by atoms with Gasteiger partial charge in [0.1, 0.15) is 28.7 Å². The van der Waals surface area contributed by atoms with Crippen molar-refractivity contribution in [1.82, 2.24) is 19.1 Å². The lowest BCUT2D eigenvalue weighted by molar-refractivity contribution is 0.482. The first-order chi connectivity index (χ1) is 27.7. The summed E-state index contributed by atoms with van der Waals surface area (Å²) in [5.41, 5.74) is 5.79. The van der Waals surface area contributed by atoms with Gasteiger partial charge in [0.05, 0.1) is 22.2 Å². The minimum Gasteiger partial charge on any atom is -0.457 e. The summed E-state index contributed by atoms with van der Waals surface area (Å²) in [4.78, 5) is 9.92. The molecule has 1 aliphatic rings. The minimum atomic E-state index is -2.87. The largest absolute Gasteiger partial charge is 0.457 e. The van der Waals surface area contributed by atoms with Gasteiger partial charge in [0.25, 0.3) is 0 Å². The van der Waals surface area contributed by atoms with Crippen molar-refractivity contribution in [1.29, 1.82) is 0 Å². The quantitative estimate of drug-likeness (QED) is 0.160. The van der Waals surface area contributed by atoms with Gasteiger partial charge in [-0.3, -0.25) is 4.57 Å². The fourth-order valence-electron chi connectivity index (χ4n) is 8.76. The third-order valence-electron chi connectivity index (χ3n) is 11.2. The molecule has 0 amide bonds. The SMILES string of the molecule is Cn1c(-c2cccc(Oc3cccc(-n4c5ncccc5c5ccc6c(c54)Oc4ccccc4[Si]6(c4ccccc4)c4ccccc4)c3)c2)nc2ccccc21. The zero-order chi connectivity index (χ0) is 37.2. The average Bonchev–Trinajstić information content (AvgIpc) is 3.78. The highest BCUT2D eigenvalue weighted by molar-refractivity contribution is 7.20. The van der Waals surface area contributed by atoms with E-state index < -0.39 is 8.07 Å². The van der Waals surface area contributed by atoms with Crippen LogP contribution < -0.4 is 30.2 Å². The molecule has 1 aliphatic heterocycles. The molecule has 0 fully saturated rings.